The van der Waals surface area contributed by atoms with Crippen LogP contribution < -0.4 is 10.6 Å². The van der Waals surface area contributed by atoms with Crippen molar-refractivity contribution in [1.82, 2.24) is 9.97 Å². The molecule has 0 atom stereocenters. The normalized spacial score (nSPS) is 10.4. The van der Waals surface area contributed by atoms with Crippen molar-refractivity contribution in [1.29, 1.82) is 0 Å². The van der Waals surface area contributed by atoms with E-state index in [2.05, 4.69) is 62.8 Å². The lowest BCUT2D eigenvalue weighted by Gasteiger charge is -2.23. The topological polar surface area (TPSA) is 55.0 Å². The zero-order valence-electron chi connectivity index (χ0n) is 10.4. The van der Waals surface area contributed by atoms with Gasteiger partial charge in [0.1, 0.15) is 16.6 Å². The number of aryl methyl sites for hydroxylation is 1. The molecule has 2 aromatic rings. The number of benzene rings is 1. The molecule has 4 nitrogen and oxygen atoms in total. The minimum atomic E-state index is 0.450. The summed E-state index contributed by atoms with van der Waals surface area (Å²) in [5, 5.41) is 0. The third kappa shape index (κ3) is 2.46. The molecule has 0 saturated carbocycles. The van der Waals surface area contributed by atoms with Gasteiger partial charge in [0.2, 0.25) is 0 Å². The third-order valence-corrected chi connectivity index (χ3v) is 3.44. The van der Waals surface area contributed by atoms with E-state index in [9.17, 15) is 0 Å². The molecule has 0 aliphatic heterocycles. The highest BCUT2D eigenvalue weighted by atomic mass is 79.9. The first-order chi connectivity index (χ1) is 8.63. The molecule has 0 radical (unpaired) electrons. The van der Waals surface area contributed by atoms with Crippen molar-refractivity contribution < 1.29 is 0 Å². The molecule has 0 aliphatic rings. The largest absolute Gasteiger partial charge is 0.383 e. The second-order valence-electron chi connectivity index (χ2n) is 3.98. The molecule has 5 heteroatoms. The minimum absolute atomic E-state index is 0.450. The number of aromatic nitrogens is 2. The number of hydrogen-bond acceptors (Lipinski definition) is 4. The summed E-state index contributed by atoms with van der Waals surface area (Å²) in [6, 6.07) is 8.28. The number of halogens is 1. The highest BCUT2D eigenvalue weighted by Gasteiger charge is 2.14. The van der Waals surface area contributed by atoms with E-state index in [4.69, 9.17) is 5.73 Å². The molecule has 1 aromatic carbocycles. The lowest BCUT2D eigenvalue weighted by atomic mass is 10.2. The standard InChI is InChI=1S/C13H15BrN4/c1-3-18(10-6-4-5-9(2)7-10)13-11(14)12(15)16-8-17-13/h4-8H,3H2,1-2H3,(H2,15,16,17). The molecule has 94 valence electrons. The van der Waals surface area contributed by atoms with E-state index in [0.29, 0.717) is 5.82 Å². The van der Waals surface area contributed by atoms with Gasteiger partial charge >= 0.3 is 0 Å². The van der Waals surface area contributed by atoms with E-state index in [-0.39, 0.29) is 0 Å². The summed E-state index contributed by atoms with van der Waals surface area (Å²) in [5.41, 5.74) is 8.10. The Hall–Kier alpha value is -1.62. The summed E-state index contributed by atoms with van der Waals surface area (Å²) in [4.78, 5) is 10.4. The average molecular weight is 307 g/mol. The predicted octanol–water partition coefficient (Wildman–Crippen LogP) is 3.29. The second-order valence-corrected chi connectivity index (χ2v) is 4.77. The first kappa shape index (κ1) is 12.8. The molecule has 0 aliphatic carbocycles. The SMILES string of the molecule is CCN(c1cccc(C)c1)c1ncnc(N)c1Br. The summed E-state index contributed by atoms with van der Waals surface area (Å²) in [6.45, 7) is 4.95. The lowest BCUT2D eigenvalue weighted by molar-refractivity contribution is 0.970. The van der Waals surface area contributed by atoms with Gasteiger partial charge in [-0.05, 0) is 47.5 Å². The van der Waals surface area contributed by atoms with Crippen molar-refractivity contribution in [3.05, 3.63) is 40.6 Å². The fourth-order valence-electron chi connectivity index (χ4n) is 1.81. The Bertz CT molecular complexity index is 556. The predicted molar refractivity (Wildman–Crippen MR) is 78.0 cm³/mol. The molecule has 2 rings (SSSR count). The van der Waals surface area contributed by atoms with E-state index < -0.39 is 0 Å². The maximum Gasteiger partial charge on any atom is 0.152 e. The number of nitrogens with two attached hydrogens (primary N) is 1. The van der Waals surface area contributed by atoms with E-state index >= 15 is 0 Å². The van der Waals surface area contributed by atoms with Crippen LogP contribution >= 0.6 is 15.9 Å². The summed E-state index contributed by atoms with van der Waals surface area (Å²) < 4.78 is 0.730. The van der Waals surface area contributed by atoms with Crippen molar-refractivity contribution >= 4 is 33.3 Å². The molecule has 0 spiro atoms. The van der Waals surface area contributed by atoms with Crippen LogP contribution in [0.3, 0.4) is 0 Å². The number of hydrogen-bond donors (Lipinski definition) is 1. The van der Waals surface area contributed by atoms with Crippen molar-refractivity contribution in [3.8, 4) is 0 Å². The summed E-state index contributed by atoms with van der Waals surface area (Å²) in [7, 11) is 0. The van der Waals surface area contributed by atoms with Crippen LogP contribution in [0.5, 0.6) is 0 Å². The molecular formula is C13H15BrN4. The summed E-state index contributed by atoms with van der Waals surface area (Å²) in [5.74, 6) is 1.24. The molecule has 0 saturated heterocycles. The van der Waals surface area contributed by atoms with E-state index in [1.165, 1.54) is 11.9 Å². The lowest BCUT2D eigenvalue weighted by Crippen LogP contribution is -2.18. The van der Waals surface area contributed by atoms with Crippen molar-refractivity contribution in [3.63, 3.8) is 0 Å². The summed E-state index contributed by atoms with van der Waals surface area (Å²) >= 11 is 3.45. The van der Waals surface area contributed by atoms with Crippen LogP contribution in [0.1, 0.15) is 12.5 Å². The monoisotopic (exact) mass is 306 g/mol. The van der Waals surface area contributed by atoms with Crippen LogP contribution in [0.25, 0.3) is 0 Å². The molecule has 0 amide bonds. The number of nitrogen functional groups attached to an aromatic ring is 1. The Kier molecular flexibility index (Phi) is 3.81. The Labute approximate surface area is 115 Å². The zero-order chi connectivity index (χ0) is 13.1. The van der Waals surface area contributed by atoms with Gasteiger partial charge < -0.3 is 10.6 Å². The molecule has 2 N–H and O–H groups in total. The van der Waals surface area contributed by atoms with Crippen LogP contribution in [-0.4, -0.2) is 16.5 Å². The molecule has 0 unspecified atom stereocenters. The van der Waals surface area contributed by atoms with Gasteiger partial charge in [-0.2, -0.15) is 0 Å². The minimum Gasteiger partial charge on any atom is -0.383 e. The number of anilines is 3. The quantitative estimate of drug-likeness (QED) is 0.945. The fraction of sp³-hybridized carbons (Fsp3) is 0.231. The van der Waals surface area contributed by atoms with Gasteiger partial charge in [-0.25, -0.2) is 9.97 Å². The summed E-state index contributed by atoms with van der Waals surface area (Å²) in [6.07, 6.45) is 1.48. The molecule has 0 fully saturated rings. The van der Waals surface area contributed by atoms with Crippen molar-refractivity contribution in [2.24, 2.45) is 0 Å². The molecule has 1 aromatic heterocycles. The Balaban J connectivity index is 2.49. The van der Waals surface area contributed by atoms with Crippen LogP contribution in [0, 0.1) is 6.92 Å². The highest BCUT2D eigenvalue weighted by Crippen LogP contribution is 2.32. The van der Waals surface area contributed by atoms with Gasteiger partial charge in [0, 0.05) is 12.2 Å². The highest BCUT2D eigenvalue weighted by molar-refractivity contribution is 9.10. The Morgan fingerprint density at radius 1 is 1.33 bits per heavy atom. The molecular weight excluding hydrogens is 292 g/mol. The first-order valence-electron chi connectivity index (χ1n) is 5.73. The van der Waals surface area contributed by atoms with E-state index in [1.807, 2.05) is 6.07 Å². The van der Waals surface area contributed by atoms with Crippen LogP contribution in [0.4, 0.5) is 17.3 Å². The number of rotatable bonds is 3. The van der Waals surface area contributed by atoms with Crippen LogP contribution in [0.2, 0.25) is 0 Å². The van der Waals surface area contributed by atoms with Crippen LogP contribution in [0.15, 0.2) is 35.1 Å². The fourth-order valence-corrected chi connectivity index (χ4v) is 2.23. The maximum absolute atomic E-state index is 5.80. The van der Waals surface area contributed by atoms with E-state index in [0.717, 1.165) is 22.5 Å². The Morgan fingerprint density at radius 3 is 2.78 bits per heavy atom. The molecule has 0 bridgehead atoms. The van der Waals surface area contributed by atoms with Gasteiger partial charge in [0.05, 0.1) is 0 Å². The van der Waals surface area contributed by atoms with Crippen LogP contribution in [-0.2, 0) is 0 Å². The van der Waals surface area contributed by atoms with E-state index in [1.54, 1.807) is 0 Å². The smallest absolute Gasteiger partial charge is 0.152 e. The zero-order valence-corrected chi connectivity index (χ0v) is 12.0. The third-order valence-electron chi connectivity index (χ3n) is 2.68. The maximum atomic E-state index is 5.80. The second kappa shape index (κ2) is 5.35. The van der Waals surface area contributed by atoms with Crippen molar-refractivity contribution in [2.75, 3.05) is 17.2 Å². The Morgan fingerprint density at radius 2 is 2.11 bits per heavy atom. The molecule has 1 heterocycles. The van der Waals surface area contributed by atoms with Gasteiger partial charge in [-0.1, -0.05) is 12.1 Å². The van der Waals surface area contributed by atoms with Gasteiger partial charge in [0.25, 0.3) is 0 Å². The first-order valence-corrected chi connectivity index (χ1v) is 6.53. The average Bonchev–Trinajstić information content (AvgIpc) is 2.35. The van der Waals surface area contributed by atoms with Gasteiger partial charge in [-0.3, -0.25) is 0 Å². The number of nitrogens with zero attached hydrogens (tertiary/aromatic N) is 3. The van der Waals surface area contributed by atoms with Crippen molar-refractivity contribution in [2.45, 2.75) is 13.8 Å². The molecule has 18 heavy (non-hydrogen) atoms. The van der Waals surface area contributed by atoms with Gasteiger partial charge in [0.15, 0.2) is 5.82 Å². The van der Waals surface area contributed by atoms with Gasteiger partial charge in [-0.15, -0.1) is 0 Å².